The molecule has 0 saturated carbocycles. The van der Waals surface area contributed by atoms with Gasteiger partial charge in [-0.05, 0) is 25.5 Å². The zero-order valence-electron chi connectivity index (χ0n) is 11.4. The molecule has 1 aliphatic rings. The van der Waals surface area contributed by atoms with Crippen molar-refractivity contribution in [2.45, 2.75) is 18.9 Å². The van der Waals surface area contributed by atoms with Crippen molar-refractivity contribution in [3.05, 3.63) is 33.9 Å². The van der Waals surface area contributed by atoms with Crippen LogP contribution in [0.1, 0.15) is 23.7 Å². The molecule has 0 radical (unpaired) electrons. The summed E-state index contributed by atoms with van der Waals surface area (Å²) in [5.74, 6) is -0.299. The number of anilines is 1. The van der Waals surface area contributed by atoms with Gasteiger partial charge in [0, 0.05) is 31.8 Å². The summed E-state index contributed by atoms with van der Waals surface area (Å²) in [7, 11) is 1.50. The van der Waals surface area contributed by atoms with Crippen molar-refractivity contribution in [1.29, 1.82) is 0 Å². The predicted octanol–water partition coefficient (Wildman–Crippen LogP) is 0.915. The molecule has 108 valence electrons. The van der Waals surface area contributed by atoms with Gasteiger partial charge in [0.15, 0.2) is 0 Å². The molecule has 1 heterocycles. The Kier molecular flexibility index (Phi) is 3.63. The summed E-state index contributed by atoms with van der Waals surface area (Å²) in [4.78, 5) is 24.0. The van der Waals surface area contributed by atoms with Gasteiger partial charge in [-0.1, -0.05) is 0 Å². The fourth-order valence-corrected chi connectivity index (χ4v) is 2.37. The molecule has 1 fully saturated rings. The minimum Gasteiger partial charge on any atom is -0.388 e. The molecule has 1 saturated heterocycles. The van der Waals surface area contributed by atoms with E-state index in [1.807, 2.05) is 0 Å². The van der Waals surface area contributed by atoms with Crippen LogP contribution in [-0.4, -0.2) is 41.7 Å². The van der Waals surface area contributed by atoms with Crippen molar-refractivity contribution < 1.29 is 14.8 Å². The van der Waals surface area contributed by atoms with Crippen LogP contribution >= 0.6 is 0 Å². The van der Waals surface area contributed by atoms with Crippen molar-refractivity contribution in [2.75, 3.05) is 25.0 Å². The lowest BCUT2D eigenvalue weighted by atomic mass is 10.1. The molecule has 1 aromatic rings. The maximum atomic E-state index is 11.6. The predicted molar refractivity (Wildman–Crippen MR) is 73.9 cm³/mol. The fourth-order valence-electron chi connectivity index (χ4n) is 2.37. The summed E-state index contributed by atoms with van der Waals surface area (Å²) in [5, 5.41) is 23.6. The van der Waals surface area contributed by atoms with Crippen molar-refractivity contribution in [2.24, 2.45) is 0 Å². The van der Waals surface area contributed by atoms with E-state index in [1.54, 1.807) is 11.8 Å². The van der Waals surface area contributed by atoms with E-state index in [0.29, 0.717) is 30.8 Å². The van der Waals surface area contributed by atoms with Crippen LogP contribution in [0.2, 0.25) is 0 Å². The maximum Gasteiger partial charge on any atom is 0.292 e. The van der Waals surface area contributed by atoms with Gasteiger partial charge in [-0.15, -0.1) is 0 Å². The molecule has 7 heteroatoms. The summed E-state index contributed by atoms with van der Waals surface area (Å²) in [6.45, 7) is 2.53. The van der Waals surface area contributed by atoms with Gasteiger partial charge >= 0.3 is 0 Å². The highest BCUT2D eigenvalue weighted by molar-refractivity contribution is 5.95. The van der Waals surface area contributed by atoms with Crippen molar-refractivity contribution in [3.63, 3.8) is 0 Å². The van der Waals surface area contributed by atoms with E-state index in [4.69, 9.17) is 0 Å². The number of nitrogens with zero attached hydrogens (tertiary/aromatic N) is 2. The summed E-state index contributed by atoms with van der Waals surface area (Å²) >= 11 is 0. The molecule has 0 aliphatic carbocycles. The Morgan fingerprint density at radius 2 is 2.25 bits per heavy atom. The number of benzene rings is 1. The lowest BCUT2D eigenvalue weighted by Gasteiger charge is -2.21. The number of β-amino-alcohol motifs (C(OH)–C–C–N with tert-alkyl or cyclic N) is 1. The molecule has 0 aromatic heterocycles. The minimum atomic E-state index is -0.864. The van der Waals surface area contributed by atoms with Crippen molar-refractivity contribution >= 4 is 17.3 Å². The Bertz CT molecular complexity index is 557. The monoisotopic (exact) mass is 279 g/mol. The number of nitrogens with one attached hydrogen (secondary N) is 1. The van der Waals surface area contributed by atoms with Crippen LogP contribution < -0.4 is 10.2 Å². The fraction of sp³-hybridized carbons (Fsp3) is 0.462. The molecule has 7 nitrogen and oxygen atoms in total. The normalized spacial score (nSPS) is 21.9. The zero-order chi connectivity index (χ0) is 14.9. The highest BCUT2D eigenvalue weighted by Crippen LogP contribution is 2.34. The van der Waals surface area contributed by atoms with Gasteiger partial charge in [0.25, 0.3) is 11.6 Å². The van der Waals surface area contributed by atoms with Gasteiger partial charge in [-0.25, -0.2) is 0 Å². The van der Waals surface area contributed by atoms with Crippen LogP contribution in [-0.2, 0) is 0 Å². The van der Waals surface area contributed by atoms with Crippen LogP contribution in [0.5, 0.6) is 0 Å². The lowest BCUT2D eigenvalue weighted by molar-refractivity contribution is -0.384. The topological polar surface area (TPSA) is 95.7 Å². The van der Waals surface area contributed by atoms with E-state index in [2.05, 4.69) is 5.32 Å². The van der Waals surface area contributed by atoms with Crippen molar-refractivity contribution in [3.8, 4) is 0 Å². The lowest BCUT2D eigenvalue weighted by Crippen LogP contribution is -2.30. The molecule has 2 N–H and O–H groups in total. The first kappa shape index (κ1) is 14.3. The second-order valence-electron chi connectivity index (χ2n) is 5.21. The van der Waals surface area contributed by atoms with Crippen molar-refractivity contribution in [1.82, 2.24) is 5.32 Å². The first-order valence-electron chi connectivity index (χ1n) is 6.32. The highest BCUT2D eigenvalue weighted by atomic mass is 16.6. The Morgan fingerprint density at radius 1 is 1.55 bits per heavy atom. The Hall–Kier alpha value is -2.15. The summed E-state index contributed by atoms with van der Waals surface area (Å²) in [5.41, 5.74) is -0.194. The molecule has 0 spiro atoms. The molecule has 0 bridgehead atoms. The SMILES string of the molecule is CNC(=O)c1ccc([N+](=O)[O-])c(N2CCC(C)(O)C2)c1. The first-order chi connectivity index (χ1) is 9.34. The molecular weight excluding hydrogens is 262 g/mol. The number of nitro groups is 1. The van der Waals surface area contributed by atoms with E-state index in [0.717, 1.165) is 0 Å². The average molecular weight is 279 g/mol. The molecule has 1 unspecified atom stereocenters. The van der Waals surface area contributed by atoms with Gasteiger partial charge in [0.1, 0.15) is 5.69 Å². The summed E-state index contributed by atoms with van der Waals surface area (Å²) in [6.07, 6.45) is 0.536. The Labute approximate surface area is 116 Å². The quantitative estimate of drug-likeness (QED) is 0.633. The van der Waals surface area contributed by atoms with E-state index >= 15 is 0 Å². The van der Waals surface area contributed by atoms with E-state index in [1.165, 1.54) is 25.2 Å². The minimum absolute atomic E-state index is 0.0599. The van der Waals surface area contributed by atoms with Gasteiger partial charge in [-0.3, -0.25) is 14.9 Å². The zero-order valence-corrected chi connectivity index (χ0v) is 11.4. The number of amides is 1. The molecule has 1 atom stereocenters. The molecular formula is C13H17N3O4. The smallest absolute Gasteiger partial charge is 0.292 e. The van der Waals surface area contributed by atoms with Crippen LogP contribution in [0, 0.1) is 10.1 Å². The second kappa shape index (κ2) is 5.09. The van der Waals surface area contributed by atoms with E-state index in [-0.39, 0.29) is 11.6 Å². The number of hydrogen-bond acceptors (Lipinski definition) is 5. The van der Waals surface area contributed by atoms with Gasteiger partial charge in [0.05, 0.1) is 10.5 Å². The third kappa shape index (κ3) is 2.72. The first-order valence-corrected chi connectivity index (χ1v) is 6.32. The van der Waals surface area contributed by atoms with Crippen LogP contribution in [0.15, 0.2) is 18.2 Å². The third-order valence-corrected chi connectivity index (χ3v) is 3.45. The molecule has 2 rings (SSSR count). The number of carbonyl (C=O) groups is 1. The van der Waals surface area contributed by atoms with Crippen LogP contribution in [0.3, 0.4) is 0 Å². The molecule has 1 aliphatic heterocycles. The van der Waals surface area contributed by atoms with Crippen LogP contribution in [0.25, 0.3) is 0 Å². The Balaban J connectivity index is 2.43. The summed E-state index contributed by atoms with van der Waals surface area (Å²) < 4.78 is 0. The van der Waals surface area contributed by atoms with Gasteiger partial charge in [0.2, 0.25) is 0 Å². The van der Waals surface area contributed by atoms with E-state index in [9.17, 15) is 20.0 Å². The molecule has 1 aromatic carbocycles. The summed E-state index contributed by atoms with van der Waals surface area (Å²) in [6, 6.07) is 4.25. The number of rotatable bonds is 3. The number of hydrogen-bond donors (Lipinski definition) is 2. The van der Waals surface area contributed by atoms with Crippen LogP contribution in [0.4, 0.5) is 11.4 Å². The highest BCUT2D eigenvalue weighted by Gasteiger charge is 2.34. The number of nitro benzene ring substituents is 1. The number of carbonyl (C=O) groups excluding carboxylic acids is 1. The van der Waals surface area contributed by atoms with Gasteiger partial charge in [-0.2, -0.15) is 0 Å². The largest absolute Gasteiger partial charge is 0.388 e. The third-order valence-electron chi connectivity index (χ3n) is 3.45. The maximum absolute atomic E-state index is 11.6. The number of aliphatic hydroxyl groups is 1. The van der Waals surface area contributed by atoms with E-state index < -0.39 is 10.5 Å². The average Bonchev–Trinajstić information content (AvgIpc) is 2.77. The Morgan fingerprint density at radius 3 is 2.75 bits per heavy atom. The standard InChI is InChI=1S/C13H17N3O4/c1-13(18)5-6-15(8-13)11-7-9(12(17)14-2)3-4-10(11)16(19)20/h3-4,7,18H,5-6,8H2,1-2H3,(H,14,17). The molecule has 20 heavy (non-hydrogen) atoms. The molecule has 1 amide bonds. The van der Waals surface area contributed by atoms with Gasteiger partial charge < -0.3 is 15.3 Å². The second-order valence-corrected chi connectivity index (χ2v) is 5.21.